The summed E-state index contributed by atoms with van der Waals surface area (Å²) in [5, 5.41) is 0. The summed E-state index contributed by atoms with van der Waals surface area (Å²) in [6, 6.07) is 10.4. The number of hydrogen-bond donors (Lipinski definition) is 0. The Hall–Kier alpha value is -1.55. The molecule has 19 heavy (non-hydrogen) atoms. The molecule has 104 valence electrons. The number of benzene rings is 1. The van der Waals surface area contributed by atoms with Gasteiger partial charge in [-0.15, -0.1) is 0 Å². The minimum atomic E-state index is -0.538. The molecule has 1 aromatic carbocycles. The van der Waals surface area contributed by atoms with Crippen molar-refractivity contribution in [3.05, 3.63) is 35.9 Å². The second-order valence-corrected chi connectivity index (χ2v) is 4.76. The molecule has 2 rings (SSSR count). The molecule has 1 fully saturated rings. The molecule has 0 unspecified atom stereocenters. The molecular formula is C15H21NO3. The van der Waals surface area contributed by atoms with Crippen LogP contribution in [0.4, 0.5) is 4.79 Å². The van der Waals surface area contributed by atoms with Gasteiger partial charge in [0.15, 0.2) is 0 Å². The van der Waals surface area contributed by atoms with E-state index in [9.17, 15) is 4.79 Å². The first kappa shape index (κ1) is 13.9. The van der Waals surface area contributed by atoms with Gasteiger partial charge in [0.2, 0.25) is 0 Å². The fraction of sp³-hybridized carbons (Fsp3) is 0.533. The van der Waals surface area contributed by atoms with Crippen LogP contribution in [0, 0.1) is 0 Å². The normalized spacial score (nSPS) is 17.1. The monoisotopic (exact) mass is 263 g/mol. The lowest BCUT2D eigenvalue weighted by atomic mass is 10.1. The van der Waals surface area contributed by atoms with Gasteiger partial charge in [0.1, 0.15) is 6.10 Å². The molecule has 0 saturated carbocycles. The van der Waals surface area contributed by atoms with Crippen LogP contribution in [-0.2, 0) is 16.0 Å². The second-order valence-electron chi connectivity index (χ2n) is 4.76. The van der Waals surface area contributed by atoms with Crippen LogP contribution in [0.15, 0.2) is 30.3 Å². The van der Waals surface area contributed by atoms with Crippen LogP contribution in [-0.4, -0.2) is 36.9 Å². The zero-order valence-corrected chi connectivity index (χ0v) is 11.4. The van der Waals surface area contributed by atoms with Crippen LogP contribution in [0.1, 0.15) is 25.3 Å². The second kappa shape index (κ2) is 7.14. The zero-order chi connectivity index (χ0) is 13.5. The van der Waals surface area contributed by atoms with E-state index in [2.05, 4.69) is 29.2 Å². The van der Waals surface area contributed by atoms with Gasteiger partial charge in [-0.3, -0.25) is 4.90 Å². The number of carbonyl (C=O) groups is 1. The van der Waals surface area contributed by atoms with Gasteiger partial charge < -0.3 is 9.47 Å². The maximum atomic E-state index is 11.2. The van der Waals surface area contributed by atoms with Crippen LogP contribution in [0.3, 0.4) is 0 Å². The molecule has 1 aromatic rings. The van der Waals surface area contributed by atoms with Crippen LogP contribution in [0.25, 0.3) is 0 Å². The summed E-state index contributed by atoms with van der Waals surface area (Å²) in [4.78, 5) is 13.6. The average molecular weight is 263 g/mol. The van der Waals surface area contributed by atoms with Crippen molar-refractivity contribution in [3.63, 3.8) is 0 Å². The van der Waals surface area contributed by atoms with E-state index >= 15 is 0 Å². The Balaban J connectivity index is 1.72. The summed E-state index contributed by atoms with van der Waals surface area (Å²) in [6.45, 7) is 5.03. The third-order valence-electron chi connectivity index (χ3n) is 3.31. The molecule has 1 aliphatic rings. The van der Waals surface area contributed by atoms with E-state index in [1.807, 2.05) is 6.07 Å². The van der Waals surface area contributed by atoms with E-state index in [-0.39, 0.29) is 6.10 Å². The van der Waals surface area contributed by atoms with Crippen molar-refractivity contribution in [2.45, 2.75) is 32.4 Å². The third-order valence-corrected chi connectivity index (χ3v) is 3.31. The summed E-state index contributed by atoms with van der Waals surface area (Å²) in [5.74, 6) is 0. The van der Waals surface area contributed by atoms with E-state index in [4.69, 9.17) is 9.47 Å². The van der Waals surface area contributed by atoms with Gasteiger partial charge in [0, 0.05) is 19.6 Å². The molecule has 0 bridgehead atoms. The highest BCUT2D eigenvalue weighted by molar-refractivity contribution is 5.60. The lowest BCUT2D eigenvalue weighted by Gasteiger charge is -2.31. The van der Waals surface area contributed by atoms with Crippen molar-refractivity contribution in [1.29, 1.82) is 0 Å². The van der Waals surface area contributed by atoms with Crippen LogP contribution in [0.5, 0.6) is 0 Å². The Morgan fingerprint density at radius 1 is 1.26 bits per heavy atom. The van der Waals surface area contributed by atoms with Crippen molar-refractivity contribution in [1.82, 2.24) is 4.90 Å². The standard InChI is InChI=1S/C15H21NO3/c1-2-18-15(17)19-14-8-10-16(11-9-14)12-13-6-4-3-5-7-13/h3-7,14H,2,8-12H2,1H3. The van der Waals surface area contributed by atoms with Crippen LogP contribution in [0.2, 0.25) is 0 Å². The first-order valence-corrected chi connectivity index (χ1v) is 6.87. The molecular weight excluding hydrogens is 242 g/mol. The molecule has 1 heterocycles. The van der Waals surface area contributed by atoms with Gasteiger partial charge in [-0.05, 0) is 25.3 Å². The Morgan fingerprint density at radius 2 is 1.95 bits per heavy atom. The Morgan fingerprint density at radius 3 is 2.58 bits per heavy atom. The van der Waals surface area contributed by atoms with E-state index in [1.165, 1.54) is 5.56 Å². The summed E-state index contributed by atoms with van der Waals surface area (Å²) < 4.78 is 10.0. The molecule has 0 N–H and O–H groups in total. The molecule has 0 spiro atoms. The van der Waals surface area contributed by atoms with E-state index < -0.39 is 6.16 Å². The van der Waals surface area contributed by atoms with E-state index in [0.717, 1.165) is 32.5 Å². The summed E-state index contributed by atoms with van der Waals surface area (Å²) in [7, 11) is 0. The number of rotatable bonds is 4. The highest BCUT2D eigenvalue weighted by Crippen LogP contribution is 2.16. The van der Waals surface area contributed by atoms with E-state index in [1.54, 1.807) is 6.92 Å². The molecule has 0 radical (unpaired) electrons. The number of hydrogen-bond acceptors (Lipinski definition) is 4. The largest absolute Gasteiger partial charge is 0.508 e. The lowest BCUT2D eigenvalue weighted by molar-refractivity contribution is 0.000931. The van der Waals surface area contributed by atoms with Gasteiger partial charge in [-0.1, -0.05) is 30.3 Å². The molecule has 4 heteroatoms. The number of likely N-dealkylation sites (tertiary alicyclic amines) is 1. The maximum Gasteiger partial charge on any atom is 0.508 e. The van der Waals surface area contributed by atoms with Crippen molar-refractivity contribution in [3.8, 4) is 0 Å². The highest BCUT2D eigenvalue weighted by Gasteiger charge is 2.22. The van der Waals surface area contributed by atoms with Crippen LogP contribution < -0.4 is 0 Å². The molecule has 0 amide bonds. The maximum absolute atomic E-state index is 11.2. The van der Waals surface area contributed by atoms with Crippen molar-refractivity contribution in [2.24, 2.45) is 0 Å². The fourth-order valence-corrected chi connectivity index (χ4v) is 2.31. The molecule has 1 saturated heterocycles. The first-order chi connectivity index (χ1) is 9.28. The number of ether oxygens (including phenoxy) is 2. The van der Waals surface area contributed by atoms with E-state index in [0.29, 0.717) is 6.61 Å². The number of nitrogens with zero attached hydrogens (tertiary/aromatic N) is 1. The highest BCUT2D eigenvalue weighted by atomic mass is 16.7. The van der Waals surface area contributed by atoms with Gasteiger partial charge in [-0.25, -0.2) is 4.79 Å². The Bertz CT molecular complexity index is 386. The Kier molecular flexibility index (Phi) is 5.21. The summed E-state index contributed by atoms with van der Waals surface area (Å²) in [6.07, 6.45) is 1.23. The molecule has 4 nitrogen and oxygen atoms in total. The van der Waals surface area contributed by atoms with Crippen LogP contribution >= 0.6 is 0 Å². The molecule has 1 aliphatic heterocycles. The SMILES string of the molecule is CCOC(=O)OC1CCN(Cc2ccccc2)CC1. The molecule has 0 aliphatic carbocycles. The van der Waals surface area contributed by atoms with Crippen molar-refractivity contribution >= 4 is 6.16 Å². The number of carbonyl (C=O) groups excluding carboxylic acids is 1. The zero-order valence-electron chi connectivity index (χ0n) is 11.4. The quantitative estimate of drug-likeness (QED) is 0.783. The van der Waals surface area contributed by atoms with Gasteiger partial charge in [0.05, 0.1) is 6.61 Å². The average Bonchev–Trinajstić information content (AvgIpc) is 2.42. The minimum absolute atomic E-state index is 0.00562. The Labute approximate surface area is 114 Å². The lowest BCUT2D eigenvalue weighted by Crippen LogP contribution is -2.37. The van der Waals surface area contributed by atoms with Gasteiger partial charge in [-0.2, -0.15) is 0 Å². The first-order valence-electron chi connectivity index (χ1n) is 6.87. The summed E-state index contributed by atoms with van der Waals surface area (Å²) in [5.41, 5.74) is 1.33. The smallest absolute Gasteiger partial charge is 0.435 e. The van der Waals surface area contributed by atoms with Gasteiger partial charge in [0.25, 0.3) is 0 Å². The fourth-order valence-electron chi connectivity index (χ4n) is 2.31. The van der Waals surface area contributed by atoms with Gasteiger partial charge >= 0.3 is 6.16 Å². The summed E-state index contributed by atoms with van der Waals surface area (Å²) >= 11 is 0. The topological polar surface area (TPSA) is 38.8 Å². The predicted octanol–water partition coefficient (Wildman–Crippen LogP) is 2.82. The molecule has 0 aromatic heterocycles. The minimum Gasteiger partial charge on any atom is -0.435 e. The predicted molar refractivity (Wildman–Crippen MR) is 72.8 cm³/mol. The number of piperidine rings is 1. The third kappa shape index (κ3) is 4.56. The van der Waals surface area contributed by atoms with Crippen molar-refractivity contribution < 1.29 is 14.3 Å². The van der Waals surface area contributed by atoms with Crippen molar-refractivity contribution in [2.75, 3.05) is 19.7 Å². The molecule has 0 atom stereocenters.